The molecule has 16 heavy (non-hydrogen) atoms. The number of carbonyl (C=O) groups is 1. The maximum Gasteiger partial charge on any atom is 0.246 e. The molecule has 1 unspecified atom stereocenters. The van der Waals surface area contributed by atoms with Crippen LogP contribution in [0.1, 0.15) is 30.0 Å². The highest BCUT2D eigenvalue weighted by Crippen LogP contribution is 2.31. The molecule has 1 aromatic rings. The Morgan fingerprint density at radius 2 is 2.12 bits per heavy atom. The van der Waals surface area contributed by atoms with Crippen molar-refractivity contribution >= 4 is 5.91 Å². The van der Waals surface area contributed by atoms with Gasteiger partial charge in [0.2, 0.25) is 5.91 Å². The van der Waals surface area contributed by atoms with Gasteiger partial charge >= 0.3 is 0 Å². The standard InChI is InChI=1S/C14H17NO/c1-3-14(16)15-10-4-5-13(15)12-8-6-11(2)7-9-12/h3,6-9,13H,1,4-5,10H2,2H3. The highest BCUT2D eigenvalue weighted by Gasteiger charge is 2.28. The van der Waals surface area contributed by atoms with Gasteiger partial charge in [-0.3, -0.25) is 4.79 Å². The zero-order valence-electron chi connectivity index (χ0n) is 9.65. The van der Waals surface area contributed by atoms with Crippen molar-refractivity contribution in [2.24, 2.45) is 0 Å². The Morgan fingerprint density at radius 1 is 1.44 bits per heavy atom. The van der Waals surface area contributed by atoms with Crippen molar-refractivity contribution in [1.82, 2.24) is 4.90 Å². The van der Waals surface area contributed by atoms with Crippen molar-refractivity contribution in [3.05, 3.63) is 48.0 Å². The second kappa shape index (κ2) is 4.52. The quantitative estimate of drug-likeness (QED) is 0.695. The molecular weight excluding hydrogens is 198 g/mol. The number of benzene rings is 1. The van der Waals surface area contributed by atoms with E-state index in [9.17, 15) is 4.79 Å². The molecule has 1 heterocycles. The summed E-state index contributed by atoms with van der Waals surface area (Å²) in [7, 11) is 0. The van der Waals surface area contributed by atoms with Crippen molar-refractivity contribution in [2.45, 2.75) is 25.8 Å². The lowest BCUT2D eigenvalue weighted by atomic mass is 10.0. The Morgan fingerprint density at radius 3 is 2.75 bits per heavy atom. The van der Waals surface area contributed by atoms with Gasteiger partial charge in [0.1, 0.15) is 0 Å². The number of hydrogen-bond acceptors (Lipinski definition) is 1. The minimum atomic E-state index is 0.0445. The summed E-state index contributed by atoms with van der Waals surface area (Å²) in [6, 6.07) is 8.68. The fourth-order valence-electron chi connectivity index (χ4n) is 2.28. The maximum absolute atomic E-state index is 11.7. The molecule has 2 rings (SSSR count). The van der Waals surface area contributed by atoms with Gasteiger partial charge in [-0.15, -0.1) is 0 Å². The number of carbonyl (C=O) groups excluding carboxylic acids is 1. The Kier molecular flexibility index (Phi) is 3.09. The third-order valence-electron chi connectivity index (χ3n) is 3.17. The van der Waals surface area contributed by atoms with Gasteiger partial charge < -0.3 is 4.90 Å². The summed E-state index contributed by atoms with van der Waals surface area (Å²) in [6.07, 6.45) is 3.55. The Labute approximate surface area is 96.6 Å². The van der Waals surface area contributed by atoms with Gasteiger partial charge in [-0.1, -0.05) is 36.4 Å². The fraction of sp³-hybridized carbons (Fsp3) is 0.357. The second-order valence-corrected chi connectivity index (χ2v) is 4.30. The van der Waals surface area contributed by atoms with Crippen molar-refractivity contribution in [3.8, 4) is 0 Å². The predicted octanol–water partition coefficient (Wildman–Crippen LogP) is 2.84. The van der Waals surface area contributed by atoms with Crippen LogP contribution in [0.25, 0.3) is 0 Å². The first kappa shape index (κ1) is 10.9. The van der Waals surface area contributed by atoms with Crippen molar-refractivity contribution in [1.29, 1.82) is 0 Å². The van der Waals surface area contributed by atoms with E-state index >= 15 is 0 Å². The van der Waals surface area contributed by atoms with E-state index in [4.69, 9.17) is 0 Å². The third-order valence-corrected chi connectivity index (χ3v) is 3.17. The molecule has 0 radical (unpaired) electrons. The normalized spacial score (nSPS) is 19.8. The lowest BCUT2D eigenvalue weighted by molar-refractivity contribution is -0.126. The Bertz CT molecular complexity index is 394. The summed E-state index contributed by atoms with van der Waals surface area (Å²) in [5, 5.41) is 0. The molecule has 0 aliphatic carbocycles. The average molecular weight is 215 g/mol. The van der Waals surface area contributed by atoms with Crippen LogP contribution in [-0.2, 0) is 4.79 Å². The first-order valence-corrected chi connectivity index (χ1v) is 5.72. The van der Waals surface area contributed by atoms with Crippen LogP contribution in [0.5, 0.6) is 0 Å². The largest absolute Gasteiger partial charge is 0.332 e. The minimum absolute atomic E-state index is 0.0445. The van der Waals surface area contributed by atoms with Crippen LogP contribution in [0.2, 0.25) is 0 Å². The van der Waals surface area contributed by atoms with Gasteiger partial charge in [0.15, 0.2) is 0 Å². The van der Waals surface area contributed by atoms with Crippen molar-refractivity contribution in [2.75, 3.05) is 6.54 Å². The zero-order valence-corrected chi connectivity index (χ0v) is 9.65. The van der Waals surface area contributed by atoms with Crippen LogP contribution in [0.4, 0.5) is 0 Å². The molecule has 1 saturated heterocycles. The van der Waals surface area contributed by atoms with Crippen LogP contribution >= 0.6 is 0 Å². The third kappa shape index (κ3) is 2.01. The number of amides is 1. The summed E-state index contributed by atoms with van der Waals surface area (Å²) in [5.74, 6) is 0.0445. The van der Waals surface area contributed by atoms with E-state index in [0.717, 1.165) is 19.4 Å². The topological polar surface area (TPSA) is 20.3 Å². The fourth-order valence-corrected chi connectivity index (χ4v) is 2.28. The highest BCUT2D eigenvalue weighted by atomic mass is 16.2. The van der Waals surface area contributed by atoms with Crippen LogP contribution in [0, 0.1) is 6.92 Å². The molecule has 1 fully saturated rings. The highest BCUT2D eigenvalue weighted by molar-refractivity contribution is 5.87. The molecule has 0 bridgehead atoms. The minimum Gasteiger partial charge on any atom is -0.332 e. The molecule has 1 aliphatic heterocycles. The monoisotopic (exact) mass is 215 g/mol. The van der Waals surface area contributed by atoms with Crippen molar-refractivity contribution in [3.63, 3.8) is 0 Å². The average Bonchev–Trinajstić information content (AvgIpc) is 2.78. The number of aryl methyl sites for hydroxylation is 1. The van der Waals surface area contributed by atoms with Crippen LogP contribution in [-0.4, -0.2) is 17.4 Å². The molecule has 0 aromatic heterocycles. The van der Waals surface area contributed by atoms with E-state index < -0.39 is 0 Å². The number of likely N-dealkylation sites (tertiary alicyclic amines) is 1. The zero-order chi connectivity index (χ0) is 11.5. The second-order valence-electron chi connectivity index (χ2n) is 4.30. The summed E-state index contributed by atoms with van der Waals surface area (Å²) >= 11 is 0. The molecule has 84 valence electrons. The predicted molar refractivity (Wildman–Crippen MR) is 65.1 cm³/mol. The van der Waals surface area contributed by atoms with Crippen LogP contribution < -0.4 is 0 Å². The van der Waals surface area contributed by atoms with Gasteiger partial charge in [-0.05, 0) is 31.4 Å². The van der Waals surface area contributed by atoms with Gasteiger partial charge in [-0.25, -0.2) is 0 Å². The molecule has 1 atom stereocenters. The molecule has 1 aliphatic rings. The first-order valence-electron chi connectivity index (χ1n) is 5.72. The Hall–Kier alpha value is -1.57. The van der Waals surface area contributed by atoms with E-state index in [2.05, 4.69) is 37.8 Å². The molecule has 1 aromatic carbocycles. The maximum atomic E-state index is 11.7. The molecule has 0 saturated carbocycles. The lowest BCUT2D eigenvalue weighted by Crippen LogP contribution is -2.28. The summed E-state index contributed by atoms with van der Waals surface area (Å²) in [6.45, 7) is 6.48. The molecule has 2 nitrogen and oxygen atoms in total. The van der Waals surface area contributed by atoms with E-state index in [-0.39, 0.29) is 11.9 Å². The van der Waals surface area contributed by atoms with Crippen molar-refractivity contribution < 1.29 is 4.79 Å². The smallest absolute Gasteiger partial charge is 0.246 e. The van der Waals surface area contributed by atoms with Crippen LogP contribution in [0.3, 0.4) is 0 Å². The summed E-state index contributed by atoms with van der Waals surface area (Å²) in [5.41, 5.74) is 2.49. The van der Waals surface area contributed by atoms with E-state index in [1.54, 1.807) is 0 Å². The van der Waals surface area contributed by atoms with Gasteiger partial charge in [-0.2, -0.15) is 0 Å². The van der Waals surface area contributed by atoms with Gasteiger partial charge in [0.05, 0.1) is 6.04 Å². The number of rotatable bonds is 2. The van der Waals surface area contributed by atoms with E-state index in [0.29, 0.717) is 0 Å². The van der Waals surface area contributed by atoms with Gasteiger partial charge in [0.25, 0.3) is 0 Å². The summed E-state index contributed by atoms with van der Waals surface area (Å²) in [4.78, 5) is 13.6. The lowest BCUT2D eigenvalue weighted by Gasteiger charge is -2.23. The van der Waals surface area contributed by atoms with E-state index in [1.165, 1.54) is 17.2 Å². The SMILES string of the molecule is C=CC(=O)N1CCCC1c1ccc(C)cc1. The molecule has 2 heteroatoms. The van der Waals surface area contributed by atoms with Gasteiger partial charge in [0, 0.05) is 6.54 Å². The Balaban J connectivity index is 2.22. The molecule has 1 amide bonds. The number of nitrogens with zero attached hydrogens (tertiary/aromatic N) is 1. The first-order chi connectivity index (χ1) is 7.72. The molecule has 0 N–H and O–H groups in total. The molecular formula is C14H17NO. The molecule has 0 spiro atoms. The van der Waals surface area contributed by atoms with E-state index in [1.807, 2.05) is 4.90 Å². The number of hydrogen-bond donors (Lipinski definition) is 0. The van der Waals surface area contributed by atoms with Crippen LogP contribution in [0.15, 0.2) is 36.9 Å². The summed E-state index contributed by atoms with van der Waals surface area (Å²) < 4.78 is 0.